The molecule has 0 radical (unpaired) electrons. The third-order valence-corrected chi connectivity index (χ3v) is 6.43. The van der Waals surface area contributed by atoms with E-state index in [1.54, 1.807) is 11.8 Å². The van der Waals surface area contributed by atoms with Gasteiger partial charge in [0.2, 0.25) is 8.32 Å². The van der Waals surface area contributed by atoms with Crippen molar-refractivity contribution in [1.29, 1.82) is 0 Å². The summed E-state index contributed by atoms with van der Waals surface area (Å²) in [5.74, 6) is 1.39. The van der Waals surface area contributed by atoms with Crippen LogP contribution in [0.5, 0.6) is 0 Å². The van der Waals surface area contributed by atoms with Crippen molar-refractivity contribution in [2.45, 2.75) is 71.8 Å². The van der Waals surface area contributed by atoms with E-state index in [0.29, 0.717) is 24.5 Å². The second kappa shape index (κ2) is 8.70. The molecule has 0 saturated heterocycles. The molecule has 24 heavy (non-hydrogen) atoms. The molecule has 0 fully saturated rings. The van der Waals surface area contributed by atoms with Crippen LogP contribution in [0, 0.1) is 17.3 Å². The first kappa shape index (κ1) is 21.5. The van der Waals surface area contributed by atoms with Crippen molar-refractivity contribution in [3.8, 4) is 0 Å². The SMILES string of the molecule is CC(CC(=O)C1C(C)C=CCC1(C)C)SCCC(=O)O[Si](C)(C)C. The lowest BCUT2D eigenvalue weighted by atomic mass is 9.65. The normalized spacial score (nSPS) is 24.5. The number of carbonyl (C=O) groups is 2. The Bertz CT molecular complexity index is 479. The Hall–Kier alpha value is -0.553. The predicted octanol–water partition coefficient (Wildman–Crippen LogP) is 5.07. The predicted molar refractivity (Wildman–Crippen MR) is 106 cm³/mol. The fourth-order valence-corrected chi connectivity index (χ4v) is 5.22. The van der Waals surface area contributed by atoms with Crippen LogP contribution in [0.15, 0.2) is 12.2 Å². The molecule has 3 atom stereocenters. The molecule has 1 rings (SSSR count). The minimum absolute atomic E-state index is 0.0385. The quantitative estimate of drug-likeness (QED) is 0.442. The van der Waals surface area contributed by atoms with E-state index in [2.05, 4.69) is 39.8 Å². The summed E-state index contributed by atoms with van der Waals surface area (Å²) in [6.07, 6.45) is 6.37. The number of hydrogen-bond donors (Lipinski definition) is 0. The molecule has 0 aliphatic heterocycles. The van der Waals surface area contributed by atoms with E-state index >= 15 is 0 Å². The summed E-state index contributed by atoms with van der Waals surface area (Å²) in [6, 6.07) is 0. The third-order valence-electron chi connectivity index (χ3n) is 4.42. The average Bonchev–Trinajstić information content (AvgIpc) is 2.34. The molecule has 0 bridgehead atoms. The van der Waals surface area contributed by atoms with Crippen LogP contribution in [0.25, 0.3) is 0 Å². The number of allylic oxidation sites excluding steroid dienone is 2. The van der Waals surface area contributed by atoms with Crippen LogP contribution >= 0.6 is 11.8 Å². The zero-order chi connectivity index (χ0) is 18.5. The highest BCUT2D eigenvalue weighted by Gasteiger charge is 2.39. The Kier molecular flexibility index (Phi) is 7.79. The van der Waals surface area contributed by atoms with Crippen molar-refractivity contribution in [1.82, 2.24) is 0 Å². The van der Waals surface area contributed by atoms with Gasteiger partial charge < -0.3 is 4.43 Å². The Balaban J connectivity index is 2.42. The fraction of sp³-hybridized carbons (Fsp3) is 0.789. The molecular formula is C19H34O3SSi. The van der Waals surface area contributed by atoms with Gasteiger partial charge in [0, 0.05) is 23.3 Å². The van der Waals surface area contributed by atoms with E-state index in [9.17, 15) is 9.59 Å². The fourth-order valence-electron chi connectivity index (χ4n) is 3.47. The number of hydrogen-bond acceptors (Lipinski definition) is 4. The van der Waals surface area contributed by atoms with Crippen LogP contribution in [-0.2, 0) is 14.0 Å². The topological polar surface area (TPSA) is 43.4 Å². The van der Waals surface area contributed by atoms with Crippen LogP contribution in [0.1, 0.15) is 47.0 Å². The lowest BCUT2D eigenvalue weighted by Gasteiger charge is -2.39. The Morgan fingerprint density at radius 3 is 2.50 bits per heavy atom. The second-order valence-corrected chi connectivity index (χ2v) is 14.6. The van der Waals surface area contributed by atoms with Crippen LogP contribution < -0.4 is 0 Å². The third kappa shape index (κ3) is 7.14. The summed E-state index contributed by atoms with van der Waals surface area (Å²) in [7, 11) is -1.79. The highest BCUT2D eigenvalue weighted by molar-refractivity contribution is 7.99. The molecule has 0 heterocycles. The smallest absolute Gasteiger partial charge is 0.293 e. The summed E-state index contributed by atoms with van der Waals surface area (Å²) in [4.78, 5) is 24.5. The first-order valence-corrected chi connectivity index (χ1v) is 13.4. The van der Waals surface area contributed by atoms with Crippen molar-refractivity contribution in [3.63, 3.8) is 0 Å². The number of Topliss-reactive ketones (excluding diaryl/α,β-unsaturated/α-hetero) is 1. The largest absolute Gasteiger partial charge is 0.520 e. The van der Waals surface area contributed by atoms with E-state index in [4.69, 9.17) is 4.43 Å². The van der Waals surface area contributed by atoms with Gasteiger partial charge in [-0.2, -0.15) is 11.8 Å². The van der Waals surface area contributed by atoms with Crippen LogP contribution in [0.3, 0.4) is 0 Å². The van der Waals surface area contributed by atoms with E-state index in [1.807, 2.05) is 19.6 Å². The number of ketones is 1. The highest BCUT2D eigenvalue weighted by Crippen LogP contribution is 2.42. The van der Waals surface area contributed by atoms with Crippen molar-refractivity contribution in [2.24, 2.45) is 17.3 Å². The van der Waals surface area contributed by atoms with Crippen molar-refractivity contribution in [3.05, 3.63) is 12.2 Å². The summed E-state index contributed by atoms with van der Waals surface area (Å²) < 4.78 is 5.45. The Morgan fingerprint density at radius 2 is 1.96 bits per heavy atom. The lowest BCUT2D eigenvalue weighted by molar-refractivity contribution is -0.134. The molecule has 5 heteroatoms. The molecule has 0 aromatic carbocycles. The Morgan fingerprint density at radius 1 is 1.33 bits per heavy atom. The molecule has 0 N–H and O–H groups in total. The van der Waals surface area contributed by atoms with Crippen LogP contribution in [0.2, 0.25) is 19.6 Å². The van der Waals surface area contributed by atoms with Gasteiger partial charge in [-0.25, -0.2) is 0 Å². The molecule has 0 amide bonds. The second-order valence-electron chi connectivity index (χ2n) is 8.65. The minimum Gasteiger partial charge on any atom is -0.520 e. The molecule has 138 valence electrons. The summed E-state index contributed by atoms with van der Waals surface area (Å²) in [5.41, 5.74) is 0.0385. The number of thioether (sulfide) groups is 1. The van der Waals surface area contributed by atoms with Gasteiger partial charge in [0.1, 0.15) is 5.78 Å². The van der Waals surface area contributed by atoms with Crippen molar-refractivity contribution in [2.75, 3.05) is 5.75 Å². The van der Waals surface area contributed by atoms with E-state index in [1.165, 1.54) is 0 Å². The van der Waals surface area contributed by atoms with Gasteiger partial charge in [-0.05, 0) is 37.4 Å². The molecule has 0 aromatic heterocycles. The maximum absolute atomic E-state index is 12.8. The lowest BCUT2D eigenvalue weighted by Crippen LogP contribution is -2.38. The van der Waals surface area contributed by atoms with Crippen LogP contribution in [0.4, 0.5) is 0 Å². The standard InChI is InChI=1S/C19H34O3SSi/c1-14-9-8-11-19(3,4)18(14)16(20)13-15(2)23-12-10-17(21)22-24(5,6)7/h8-9,14-15,18H,10-13H2,1-7H3. The monoisotopic (exact) mass is 370 g/mol. The van der Waals surface area contributed by atoms with Gasteiger partial charge >= 0.3 is 0 Å². The van der Waals surface area contributed by atoms with Crippen LogP contribution in [-0.4, -0.2) is 31.1 Å². The Labute approximate surface area is 153 Å². The number of rotatable bonds is 8. The first-order valence-electron chi connectivity index (χ1n) is 8.95. The van der Waals surface area contributed by atoms with Gasteiger partial charge in [0.05, 0.1) is 6.42 Å². The maximum atomic E-state index is 12.8. The summed E-state index contributed by atoms with van der Waals surface area (Å²) >= 11 is 1.70. The molecular weight excluding hydrogens is 336 g/mol. The molecule has 1 aliphatic carbocycles. The van der Waals surface area contributed by atoms with Gasteiger partial charge in [-0.1, -0.05) is 39.8 Å². The molecule has 0 aromatic rings. The molecule has 0 saturated carbocycles. The number of carbonyl (C=O) groups excluding carboxylic acids is 2. The van der Waals surface area contributed by atoms with Gasteiger partial charge in [0.15, 0.2) is 0 Å². The van der Waals surface area contributed by atoms with Crippen molar-refractivity contribution < 1.29 is 14.0 Å². The molecule has 1 aliphatic rings. The minimum atomic E-state index is -1.79. The molecule has 0 spiro atoms. The highest BCUT2D eigenvalue weighted by atomic mass is 32.2. The van der Waals surface area contributed by atoms with E-state index < -0.39 is 8.32 Å². The van der Waals surface area contributed by atoms with Gasteiger partial charge in [-0.15, -0.1) is 0 Å². The van der Waals surface area contributed by atoms with Gasteiger partial charge in [-0.3, -0.25) is 9.59 Å². The van der Waals surface area contributed by atoms with E-state index in [0.717, 1.165) is 12.2 Å². The molecule has 3 unspecified atom stereocenters. The van der Waals surface area contributed by atoms with Gasteiger partial charge in [0.25, 0.3) is 5.97 Å². The summed E-state index contributed by atoms with van der Waals surface area (Å²) in [6.45, 7) is 14.7. The first-order chi connectivity index (χ1) is 10.9. The zero-order valence-corrected chi connectivity index (χ0v) is 18.2. The average molecular weight is 371 g/mol. The van der Waals surface area contributed by atoms with Crippen molar-refractivity contribution >= 4 is 31.8 Å². The molecule has 3 nitrogen and oxygen atoms in total. The van der Waals surface area contributed by atoms with E-state index in [-0.39, 0.29) is 22.6 Å². The maximum Gasteiger partial charge on any atom is 0.293 e. The summed E-state index contributed by atoms with van der Waals surface area (Å²) in [5, 5.41) is 0.242. The zero-order valence-electron chi connectivity index (χ0n) is 16.3.